The van der Waals surface area contributed by atoms with E-state index in [0.717, 1.165) is 65.6 Å². The lowest BCUT2D eigenvalue weighted by Gasteiger charge is -2.37. The molecule has 1 aromatic heterocycles. The van der Waals surface area contributed by atoms with Crippen LogP contribution in [0, 0.1) is 5.92 Å². The van der Waals surface area contributed by atoms with Gasteiger partial charge in [-0.25, -0.2) is 0 Å². The Labute approximate surface area is 229 Å². The highest BCUT2D eigenvalue weighted by Gasteiger charge is 2.36. The minimum atomic E-state index is 0.149. The first-order chi connectivity index (χ1) is 16.8. The molecule has 2 aromatic rings. The Hall–Kier alpha value is -1.21. The maximum absolute atomic E-state index is 13.1. The predicted molar refractivity (Wildman–Crippen MR) is 147 cm³/mol. The van der Waals surface area contributed by atoms with E-state index in [1.165, 1.54) is 28.0 Å². The van der Waals surface area contributed by atoms with Gasteiger partial charge in [-0.15, -0.1) is 0 Å². The number of halogens is 3. The number of likely N-dealkylation sites (tertiary alicyclic amines) is 1. The van der Waals surface area contributed by atoms with E-state index in [9.17, 15) is 4.79 Å². The number of carbonyl (C=O) groups is 1. The standard InChI is InChI=1S/C28H31Br2ClN2O2/c1-16-9-18(10-17(2)35-16)11-25(34)33-7-5-19(6-8-33)27-26-20(13-23(31)14-24(26)30)3-4-21-12-22(29)15-32-28(21)27/h11-17,19,27H,3-10H2,1-2H3/t16-,17+,27-/m1/s1. The maximum atomic E-state index is 13.1. The Morgan fingerprint density at radius 3 is 2.49 bits per heavy atom. The first-order valence-electron chi connectivity index (χ1n) is 12.5. The molecular weight excluding hydrogens is 592 g/mol. The fourth-order valence-corrected chi connectivity index (χ4v) is 7.68. The van der Waals surface area contributed by atoms with Crippen molar-refractivity contribution in [3.8, 4) is 0 Å². The number of hydrogen-bond donors (Lipinski definition) is 0. The number of hydrogen-bond acceptors (Lipinski definition) is 3. The van der Waals surface area contributed by atoms with Crippen molar-refractivity contribution < 1.29 is 9.53 Å². The zero-order chi connectivity index (χ0) is 24.7. The van der Waals surface area contributed by atoms with E-state index in [2.05, 4.69) is 57.8 Å². The highest BCUT2D eigenvalue weighted by molar-refractivity contribution is 9.10. The van der Waals surface area contributed by atoms with E-state index in [0.29, 0.717) is 5.92 Å². The van der Waals surface area contributed by atoms with Crippen molar-refractivity contribution in [2.24, 2.45) is 5.92 Å². The van der Waals surface area contributed by atoms with E-state index >= 15 is 0 Å². The number of fused-ring (bicyclic) bond motifs is 2. The summed E-state index contributed by atoms with van der Waals surface area (Å²) in [5, 5.41) is 0.764. The molecule has 5 rings (SSSR count). The van der Waals surface area contributed by atoms with Crippen LogP contribution in [0.15, 0.2) is 45.0 Å². The number of aromatic nitrogens is 1. The summed E-state index contributed by atoms with van der Waals surface area (Å²) in [5.41, 5.74) is 6.31. The molecule has 0 bridgehead atoms. The quantitative estimate of drug-likeness (QED) is 0.332. The largest absolute Gasteiger partial charge is 0.375 e. The lowest BCUT2D eigenvalue weighted by molar-refractivity contribution is -0.127. The van der Waals surface area contributed by atoms with Crippen LogP contribution in [0.25, 0.3) is 0 Å². The molecule has 0 radical (unpaired) electrons. The number of rotatable bonds is 2. The third-order valence-electron chi connectivity index (χ3n) is 7.63. The Balaban J connectivity index is 1.39. The SMILES string of the molecule is C[C@@H]1CC(=CC(=O)N2CCC([C@H]3c4ncc(Br)cc4CCc4cc(Cl)cc(Br)c43)CC2)C[C@H](C)O1. The van der Waals surface area contributed by atoms with Gasteiger partial charge >= 0.3 is 0 Å². The first kappa shape index (κ1) is 25.4. The van der Waals surface area contributed by atoms with Crippen LogP contribution in [0.1, 0.15) is 67.8 Å². The van der Waals surface area contributed by atoms with Crippen LogP contribution in [0.3, 0.4) is 0 Å². The van der Waals surface area contributed by atoms with Crippen molar-refractivity contribution in [2.45, 2.75) is 70.5 Å². The molecule has 1 aromatic carbocycles. The molecule has 2 aliphatic heterocycles. The zero-order valence-corrected chi connectivity index (χ0v) is 24.1. The normalized spacial score (nSPS) is 26.3. The molecule has 2 fully saturated rings. The summed E-state index contributed by atoms with van der Waals surface area (Å²) in [6.07, 6.45) is 9.66. The predicted octanol–water partition coefficient (Wildman–Crippen LogP) is 7.24. The summed E-state index contributed by atoms with van der Waals surface area (Å²) < 4.78 is 7.91. The molecule has 4 nitrogen and oxygen atoms in total. The van der Waals surface area contributed by atoms with Gasteiger partial charge in [0.05, 0.1) is 17.9 Å². The summed E-state index contributed by atoms with van der Waals surface area (Å²) in [5.74, 6) is 0.753. The molecule has 7 heteroatoms. The van der Waals surface area contributed by atoms with Crippen molar-refractivity contribution in [3.05, 3.63) is 72.4 Å². The van der Waals surface area contributed by atoms with Gasteiger partial charge in [0, 0.05) is 45.2 Å². The van der Waals surface area contributed by atoms with Crippen molar-refractivity contribution in [2.75, 3.05) is 13.1 Å². The number of ether oxygens (including phenoxy) is 1. The fraction of sp³-hybridized carbons (Fsp3) is 0.500. The summed E-state index contributed by atoms with van der Waals surface area (Å²) in [6, 6.07) is 6.35. The van der Waals surface area contributed by atoms with Gasteiger partial charge in [-0.05, 0) is 109 Å². The average molecular weight is 623 g/mol. The van der Waals surface area contributed by atoms with Crippen LogP contribution >= 0.6 is 43.5 Å². The van der Waals surface area contributed by atoms with E-state index in [1.807, 2.05) is 23.2 Å². The highest BCUT2D eigenvalue weighted by atomic mass is 79.9. The van der Waals surface area contributed by atoms with E-state index in [-0.39, 0.29) is 24.0 Å². The van der Waals surface area contributed by atoms with Gasteiger partial charge in [0.15, 0.2) is 0 Å². The number of carbonyl (C=O) groups excluding carboxylic acids is 1. The topological polar surface area (TPSA) is 42.4 Å². The zero-order valence-electron chi connectivity index (χ0n) is 20.2. The van der Waals surface area contributed by atoms with Crippen LogP contribution in [0.2, 0.25) is 5.02 Å². The van der Waals surface area contributed by atoms with Gasteiger partial charge in [-0.3, -0.25) is 9.78 Å². The summed E-state index contributed by atoms with van der Waals surface area (Å²) >= 11 is 13.9. The molecule has 3 aliphatic rings. The Kier molecular flexibility index (Phi) is 7.74. The monoisotopic (exact) mass is 620 g/mol. The van der Waals surface area contributed by atoms with Crippen LogP contribution in [-0.4, -0.2) is 41.1 Å². The summed E-state index contributed by atoms with van der Waals surface area (Å²) in [6.45, 7) is 5.72. The van der Waals surface area contributed by atoms with Crippen LogP contribution in [0.5, 0.6) is 0 Å². The molecule has 0 unspecified atom stereocenters. The number of amides is 1. The molecule has 0 spiro atoms. The molecule has 3 atom stereocenters. The number of nitrogens with zero attached hydrogens (tertiary/aromatic N) is 2. The molecule has 1 amide bonds. The average Bonchev–Trinajstić information content (AvgIpc) is 2.95. The van der Waals surface area contributed by atoms with Crippen molar-refractivity contribution in [1.29, 1.82) is 0 Å². The molecule has 186 valence electrons. The lowest BCUT2D eigenvalue weighted by atomic mass is 9.76. The molecule has 1 aliphatic carbocycles. The van der Waals surface area contributed by atoms with Gasteiger partial charge in [0.1, 0.15) is 0 Å². The molecule has 0 N–H and O–H groups in total. The van der Waals surface area contributed by atoms with Crippen LogP contribution in [-0.2, 0) is 22.4 Å². The van der Waals surface area contributed by atoms with Gasteiger partial charge in [-0.2, -0.15) is 0 Å². The second-order valence-electron chi connectivity index (χ2n) is 10.3. The van der Waals surface area contributed by atoms with Gasteiger partial charge in [0.25, 0.3) is 0 Å². The Bertz CT molecular complexity index is 1150. The number of pyridine rings is 1. The van der Waals surface area contributed by atoms with E-state index in [4.69, 9.17) is 21.3 Å². The minimum absolute atomic E-state index is 0.149. The molecule has 3 heterocycles. The van der Waals surface area contributed by atoms with Crippen molar-refractivity contribution >= 4 is 49.4 Å². The molecule has 2 saturated heterocycles. The molecular formula is C28H31Br2ClN2O2. The van der Waals surface area contributed by atoms with Crippen LogP contribution < -0.4 is 0 Å². The summed E-state index contributed by atoms with van der Waals surface area (Å²) in [7, 11) is 0. The van der Waals surface area contributed by atoms with Crippen molar-refractivity contribution in [1.82, 2.24) is 9.88 Å². The smallest absolute Gasteiger partial charge is 0.246 e. The van der Waals surface area contributed by atoms with Crippen molar-refractivity contribution in [3.63, 3.8) is 0 Å². The molecule has 35 heavy (non-hydrogen) atoms. The van der Waals surface area contributed by atoms with Gasteiger partial charge in [-0.1, -0.05) is 33.1 Å². The fourth-order valence-electron chi connectivity index (χ4n) is 6.18. The molecule has 0 saturated carbocycles. The van der Waals surface area contributed by atoms with E-state index in [1.54, 1.807) is 0 Å². The maximum Gasteiger partial charge on any atom is 0.246 e. The Morgan fingerprint density at radius 1 is 1.09 bits per heavy atom. The second-order valence-corrected chi connectivity index (χ2v) is 12.5. The minimum Gasteiger partial charge on any atom is -0.375 e. The van der Waals surface area contributed by atoms with Crippen LogP contribution in [0.4, 0.5) is 0 Å². The second kappa shape index (κ2) is 10.6. The van der Waals surface area contributed by atoms with Gasteiger partial charge < -0.3 is 9.64 Å². The number of piperidine rings is 1. The third kappa shape index (κ3) is 5.56. The lowest BCUT2D eigenvalue weighted by Crippen LogP contribution is -2.39. The summed E-state index contributed by atoms with van der Waals surface area (Å²) in [4.78, 5) is 20.1. The number of benzene rings is 1. The first-order valence-corrected chi connectivity index (χ1v) is 14.5. The van der Waals surface area contributed by atoms with Gasteiger partial charge in [0.2, 0.25) is 5.91 Å². The third-order valence-corrected chi connectivity index (χ3v) is 8.94. The number of aryl methyl sites for hydroxylation is 2. The highest BCUT2D eigenvalue weighted by Crippen LogP contribution is 2.46. The van der Waals surface area contributed by atoms with E-state index < -0.39 is 0 Å². The Morgan fingerprint density at radius 2 is 1.77 bits per heavy atom.